The van der Waals surface area contributed by atoms with Crippen molar-refractivity contribution in [3.63, 3.8) is 0 Å². The van der Waals surface area contributed by atoms with Crippen LogP contribution in [0.4, 0.5) is 4.39 Å². The topological polar surface area (TPSA) is 49.7 Å². The second-order valence-electron chi connectivity index (χ2n) is 6.45. The van der Waals surface area contributed by atoms with Gasteiger partial charge in [0.25, 0.3) is 0 Å². The molecule has 1 aliphatic carbocycles. The van der Waals surface area contributed by atoms with Gasteiger partial charge in [0, 0.05) is 11.1 Å². The summed E-state index contributed by atoms with van der Waals surface area (Å²) in [4.78, 5) is 31.9. The van der Waals surface area contributed by atoms with Crippen LogP contribution in [0.2, 0.25) is 0 Å². The zero-order valence-corrected chi connectivity index (χ0v) is 14.6. The van der Waals surface area contributed by atoms with Crippen LogP contribution in [0.25, 0.3) is 5.57 Å². The number of hydrogen-bond acceptors (Lipinski definition) is 4. The highest BCUT2D eigenvalue weighted by Crippen LogP contribution is 2.50. The number of Topliss-reactive ketones (excluding diaryl/α,β-unsaturated/α-hetero) is 1. The second-order valence-corrected chi connectivity index (χ2v) is 7.76. The lowest BCUT2D eigenvalue weighted by Crippen LogP contribution is -2.38. The van der Waals surface area contributed by atoms with Gasteiger partial charge in [0.15, 0.2) is 5.17 Å². The van der Waals surface area contributed by atoms with Crippen molar-refractivity contribution < 1.29 is 14.0 Å². The number of fused-ring (bicyclic) bond motifs is 3. The second kappa shape index (κ2) is 5.38. The van der Waals surface area contributed by atoms with E-state index >= 15 is 0 Å². The molecule has 128 valence electrons. The molecule has 0 radical (unpaired) electrons. The molecule has 2 aliphatic heterocycles. The summed E-state index contributed by atoms with van der Waals surface area (Å²) in [5.74, 6) is -0.514. The highest BCUT2D eigenvalue weighted by molar-refractivity contribution is 8.15. The van der Waals surface area contributed by atoms with E-state index in [4.69, 9.17) is 0 Å². The van der Waals surface area contributed by atoms with Gasteiger partial charge in [-0.3, -0.25) is 14.5 Å². The van der Waals surface area contributed by atoms with Gasteiger partial charge in [-0.25, -0.2) is 9.38 Å². The van der Waals surface area contributed by atoms with Crippen LogP contribution in [-0.2, 0) is 4.79 Å². The summed E-state index contributed by atoms with van der Waals surface area (Å²) in [5.41, 5.74) is 3.27. The number of carbonyl (C=O) groups excluding carboxylic acids is 2. The molecule has 0 spiro atoms. The summed E-state index contributed by atoms with van der Waals surface area (Å²) in [6.45, 7) is 1.83. The molecule has 5 rings (SSSR count). The van der Waals surface area contributed by atoms with Crippen LogP contribution in [0.3, 0.4) is 0 Å². The molecule has 1 saturated heterocycles. The summed E-state index contributed by atoms with van der Waals surface area (Å²) in [7, 11) is 0. The molecule has 6 heteroatoms. The molecule has 0 bridgehead atoms. The standard InChI is InChI=1S/C20H13FN2O2S/c1-10-19(25)23-17(11-6-8-12(21)9-7-11)15-13-4-2-3-5-14(13)18(24)16(15)22-20(23)26-10/h2-10,17H,1H3/t10-,17+/m0/s1. The lowest BCUT2D eigenvalue weighted by Gasteiger charge is -2.32. The maximum atomic E-state index is 13.5. The van der Waals surface area contributed by atoms with E-state index in [-0.39, 0.29) is 22.8 Å². The number of carbonyl (C=O) groups is 2. The van der Waals surface area contributed by atoms with Gasteiger partial charge in [-0.1, -0.05) is 48.2 Å². The van der Waals surface area contributed by atoms with Gasteiger partial charge in [0.05, 0.1) is 11.3 Å². The monoisotopic (exact) mass is 364 g/mol. The van der Waals surface area contributed by atoms with Gasteiger partial charge >= 0.3 is 0 Å². The van der Waals surface area contributed by atoms with Crippen molar-refractivity contribution in [2.75, 3.05) is 0 Å². The Bertz CT molecular complexity index is 1040. The van der Waals surface area contributed by atoms with Crippen molar-refractivity contribution in [3.8, 4) is 0 Å². The number of nitrogens with zero attached hydrogens (tertiary/aromatic N) is 2. The quantitative estimate of drug-likeness (QED) is 0.773. The third-order valence-corrected chi connectivity index (χ3v) is 5.98. The first-order valence-electron chi connectivity index (χ1n) is 8.28. The Morgan fingerprint density at radius 1 is 1.04 bits per heavy atom. The van der Waals surface area contributed by atoms with Crippen molar-refractivity contribution in [3.05, 3.63) is 76.7 Å². The van der Waals surface area contributed by atoms with E-state index in [1.54, 1.807) is 23.1 Å². The molecule has 2 aromatic carbocycles. The van der Waals surface area contributed by atoms with Gasteiger partial charge in [-0.2, -0.15) is 0 Å². The Labute approximate surface area is 153 Å². The number of hydrogen-bond donors (Lipinski definition) is 0. The number of aliphatic imine (C=N–C) groups is 1. The zero-order chi connectivity index (χ0) is 18.0. The SMILES string of the molecule is C[C@@H]1SC2=NC3=C(c4ccccc4C3=O)[C@@H](c3ccc(F)cc3)N2C1=O. The van der Waals surface area contributed by atoms with Crippen molar-refractivity contribution in [2.45, 2.75) is 18.2 Å². The molecule has 2 aromatic rings. The van der Waals surface area contributed by atoms with Crippen LogP contribution in [-0.4, -0.2) is 27.0 Å². The molecule has 3 aliphatic rings. The minimum atomic E-state index is -0.476. The molecule has 0 aromatic heterocycles. The first-order valence-corrected chi connectivity index (χ1v) is 9.16. The Balaban J connectivity index is 1.77. The van der Waals surface area contributed by atoms with Crippen LogP contribution >= 0.6 is 11.8 Å². The van der Waals surface area contributed by atoms with Crippen LogP contribution < -0.4 is 0 Å². The summed E-state index contributed by atoms with van der Waals surface area (Å²) < 4.78 is 13.5. The molecule has 1 amide bonds. The highest BCUT2D eigenvalue weighted by atomic mass is 32.2. The van der Waals surface area contributed by atoms with E-state index in [9.17, 15) is 14.0 Å². The summed E-state index contributed by atoms with van der Waals surface area (Å²) in [6, 6.07) is 13.0. The fourth-order valence-electron chi connectivity index (χ4n) is 3.74. The van der Waals surface area contributed by atoms with Crippen molar-refractivity contribution in [1.29, 1.82) is 0 Å². The summed E-state index contributed by atoms with van der Waals surface area (Å²) in [5, 5.41) is 0.277. The molecule has 2 heterocycles. The zero-order valence-electron chi connectivity index (χ0n) is 13.8. The number of amidine groups is 1. The van der Waals surface area contributed by atoms with E-state index in [1.807, 2.05) is 25.1 Å². The van der Waals surface area contributed by atoms with E-state index in [2.05, 4.69) is 4.99 Å². The highest BCUT2D eigenvalue weighted by Gasteiger charge is 2.48. The smallest absolute Gasteiger partial charge is 0.242 e. The summed E-state index contributed by atoms with van der Waals surface area (Å²) >= 11 is 1.35. The summed E-state index contributed by atoms with van der Waals surface area (Å²) in [6.07, 6.45) is 0. The van der Waals surface area contributed by atoms with Crippen LogP contribution in [0, 0.1) is 5.82 Å². The largest absolute Gasteiger partial charge is 0.287 e. The Kier molecular flexibility index (Phi) is 3.21. The maximum absolute atomic E-state index is 13.5. The molecule has 0 unspecified atom stereocenters. The molecule has 0 N–H and O–H groups in total. The number of rotatable bonds is 1. The number of allylic oxidation sites excluding steroid dienone is 1. The number of thioether (sulfide) groups is 1. The van der Waals surface area contributed by atoms with Crippen molar-refractivity contribution in [2.24, 2.45) is 4.99 Å². The lowest BCUT2D eigenvalue weighted by molar-refractivity contribution is -0.126. The first kappa shape index (κ1) is 15.5. The molecule has 26 heavy (non-hydrogen) atoms. The normalized spacial score (nSPS) is 23.8. The molecule has 0 saturated carbocycles. The van der Waals surface area contributed by atoms with Crippen molar-refractivity contribution in [1.82, 2.24) is 4.90 Å². The van der Waals surface area contributed by atoms with Crippen LogP contribution in [0.5, 0.6) is 0 Å². The number of amides is 1. The molecular formula is C20H13FN2O2S. The predicted molar refractivity (Wildman–Crippen MR) is 98.2 cm³/mol. The molecule has 1 fully saturated rings. The number of benzene rings is 2. The van der Waals surface area contributed by atoms with Crippen molar-refractivity contribution >= 4 is 34.2 Å². The first-order chi connectivity index (χ1) is 12.6. The van der Waals surface area contributed by atoms with E-state index in [0.717, 1.165) is 16.7 Å². The van der Waals surface area contributed by atoms with Gasteiger partial charge < -0.3 is 0 Å². The Hall–Kier alpha value is -2.73. The third kappa shape index (κ3) is 1.99. The molecule has 4 nitrogen and oxygen atoms in total. The lowest BCUT2D eigenvalue weighted by atomic mass is 9.91. The van der Waals surface area contributed by atoms with Gasteiger partial charge in [0.2, 0.25) is 11.7 Å². The van der Waals surface area contributed by atoms with E-state index < -0.39 is 6.04 Å². The minimum absolute atomic E-state index is 0.0496. The van der Waals surface area contributed by atoms with E-state index in [1.165, 1.54) is 23.9 Å². The number of halogens is 1. The van der Waals surface area contributed by atoms with Crippen LogP contribution in [0.15, 0.2) is 59.2 Å². The fourth-order valence-corrected chi connectivity index (χ4v) is 4.72. The van der Waals surface area contributed by atoms with Gasteiger partial charge in [0.1, 0.15) is 11.5 Å². The molecule has 2 atom stereocenters. The van der Waals surface area contributed by atoms with Crippen LogP contribution in [0.1, 0.15) is 34.5 Å². The average Bonchev–Trinajstić information content (AvgIpc) is 3.09. The van der Waals surface area contributed by atoms with Gasteiger partial charge in [-0.15, -0.1) is 0 Å². The number of ketones is 1. The average molecular weight is 364 g/mol. The molecular weight excluding hydrogens is 351 g/mol. The Morgan fingerprint density at radius 3 is 2.46 bits per heavy atom. The van der Waals surface area contributed by atoms with Gasteiger partial charge in [-0.05, 0) is 30.2 Å². The predicted octanol–water partition coefficient (Wildman–Crippen LogP) is 3.81. The third-order valence-electron chi connectivity index (χ3n) is 4.93. The minimum Gasteiger partial charge on any atom is -0.287 e. The Morgan fingerprint density at radius 2 is 1.73 bits per heavy atom. The fraction of sp³-hybridized carbons (Fsp3) is 0.150. The van der Waals surface area contributed by atoms with E-state index in [0.29, 0.717) is 16.4 Å². The maximum Gasteiger partial charge on any atom is 0.242 e.